The molecule has 0 unspecified atom stereocenters. The third kappa shape index (κ3) is 2.93. The summed E-state index contributed by atoms with van der Waals surface area (Å²) in [5.41, 5.74) is -0.0910. The van der Waals surface area contributed by atoms with Crippen LogP contribution < -0.4 is 4.74 Å². The van der Waals surface area contributed by atoms with Gasteiger partial charge >= 0.3 is 5.69 Å². The molecule has 7 heteroatoms. The lowest BCUT2D eigenvalue weighted by atomic mass is 10.3. The van der Waals surface area contributed by atoms with Crippen LogP contribution in [0.15, 0.2) is 22.7 Å². The zero-order valence-corrected chi connectivity index (χ0v) is 10.5. The zero-order valence-electron chi connectivity index (χ0n) is 8.96. The molecule has 0 atom stereocenters. The summed E-state index contributed by atoms with van der Waals surface area (Å²) in [4.78, 5) is 10.3. The number of benzene rings is 1. The third-order valence-corrected chi connectivity index (χ3v) is 2.67. The molecule has 2 rings (SSSR count). The van der Waals surface area contributed by atoms with Gasteiger partial charge in [-0.15, -0.1) is 0 Å². The number of rotatable bonds is 4. The average Bonchev–Trinajstić information content (AvgIpc) is 2.24. The van der Waals surface area contributed by atoms with Crippen LogP contribution in [0.2, 0.25) is 0 Å². The van der Waals surface area contributed by atoms with E-state index in [1.165, 1.54) is 12.1 Å². The third-order valence-electron chi connectivity index (χ3n) is 2.18. The molecule has 0 aromatic heterocycles. The molecule has 1 aromatic carbocycles. The number of hydrogen-bond acceptors (Lipinski definition) is 5. The lowest BCUT2D eigenvalue weighted by Crippen LogP contribution is -2.42. The second-order valence-electron chi connectivity index (χ2n) is 3.45. The predicted molar refractivity (Wildman–Crippen MR) is 61.7 cm³/mol. The van der Waals surface area contributed by atoms with Crippen molar-refractivity contribution in [1.29, 1.82) is 0 Å². The minimum Gasteiger partial charge on any atom is -0.481 e. The fraction of sp³-hybridized carbons (Fsp3) is 0.400. The Kier molecular flexibility index (Phi) is 3.60. The number of halogens is 1. The number of nitro benzene ring substituents is 1. The molecule has 1 fully saturated rings. The van der Waals surface area contributed by atoms with Crippen molar-refractivity contribution in [1.82, 2.24) is 0 Å². The molecule has 92 valence electrons. The molecule has 1 aromatic rings. The monoisotopic (exact) mass is 303 g/mol. The van der Waals surface area contributed by atoms with Gasteiger partial charge in [-0.25, -0.2) is 0 Å². The smallest absolute Gasteiger partial charge is 0.312 e. The fourth-order valence-electron chi connectivity index (χ4n) is 1.43. The molecule has 1 aliphatic heterocycles. The Morgan fingerprint density at radius 1 is 1.53 bits per heavy atom. The van der Waals surface area contributed by atoms with Crippen LogP contribution >= 0.6 is 15.9 Å². The number of nitrogens with zero attached hydrogens (tertiary/aromatic N) is 1. The van der Waals surface area contributed by atoms with E-state index < -0.39 is 11.2 Å². The first kappa shape index (κ1) is 12.3. The molecule has 0 N–H and O–H groups in total. The van der Waals surface area contributed by atoms with Crippen LogP contribution in [0.5, 0.6) is 5.75 Å². The van der Waals surface area contributed by atoms with E-state index in [1.807, 2.05) is 0 Å². The standard InChI is InChI=1S/C10H10BrNO5/c1-6-16-10(17-6)5-15-9-3-2-7(11)4-8(9)12(13)14/h2-4,6,10H,5H2,1H3. The highest BCUT2D eigenvalue weighted by Gasteiger charge is 2.28. The molecule has 0 spiro atoms. The van der Waals surface area contributed by atoms with Gasteiger partial charge in [-0.2, -0.15) is 0 Å². The van der Waals surface area contributed by atoms with E-state index in [0.29, 0.717) is 4.47 Å². The SMILES string of the molecule is CC1OC(COc2ccc(Br)cc2[N+](=O)[O-])O1. The lowest BCUT2D eigenvalue weighted by Gasteiger charge is -2.33. The number of hydrogen-bond donors (Lipinski definition) is 0. The van der Waals surface area contributed by atoms with Crippen molar-refractivity contribution in [3.8, 4) is 5.75 Å². The minimum absolute atomic E-state index is 0.0910. The van der Waals surface area contributed by atoms with E-state index in [4.69, 9.17) is 14.2 Å². The second-order valence-corrected chi connectivity index (χ2v) is 4.37. The van der Waals surface area contributed by atoms with E-state index in [1.54, 1.807) is 13.0 Å². The van der Waals surface area contributed by atoms with Gasteiger partial charge in [-0.1, -0.05) is 15.9 Å². The van der Waals surface area contributed by atoms with Crippen molar-refractivity contribution in [2.45, 2.75) is 19.5 Å². The van der Waals surface area contributed by atoms with E-state index >= 15 is 0 Å². The summed E-state index contributed by atoms with van der Waals surface area (Å²) in [6, 6.07) is 4.60. The highest BCUT2D eigenvalue weighted by molar-refractivity contribution is 9.10. The Labute approximate surface area is 106 Å². The topological polar surface area (TPSA) is 70.8 Å². The molecule has 0 aliphatic carbocycles. The highest BCUT2D eigenvalue weighted by atomic mass is 79.9. The van der Waals surface area contributed by atoms with Gasteiger partial charge in [0.2, 0.25) is 0 Å². The quantitative estimate of drug-likeness (QED) is 0.631. The van der Waals surface area contributed by atoms with Gasteiger partial charge in [0.05, 0.1) is 4.92 Å². The van der Waals surface area contributed by atoms with Crippen LogP contribution in [-0.4, -0.2) is 24.1 Å². The molecule has 0 amide bonds. The van der Waals surface area contributed by atoms with Gasteiger partial charge in [-0.05, 0) is 19.1 Å². The Morgan fingerprint density at radius 2 is 2.24 bits per heavy atom. The minimum atomic E-state index is -0.495. The van der Waals surface area contributed by atoms with Gasteiger partial charge < -0.3 is 14.2 Å². The van der Waals surface area contributed by atoms with Gasteiger partial charge in [0.25, 0.3) is 0 Å². The summed E-state index contributed by atoms with van der Waals surface area (Å²) in [7, 11) is 0. The molecule has 0 bridgehead atoms. The van der Waals surface area contributed by atoms with Crippen molar-refractivity contribution < 1.29 is 19.1 Å². The largest absolute Gasteiger partial charge is 0.481 e. The van der Waals surface area contributed by atoms with Crippen molar-refractivity contribution in [2.24, 2.45) is 0 Å². The maximum Gasteiger partial charge on any atom is 0.312 e. The van der Waals surface area contributed by atoms with Crippen molar-refractivity contribution in [3.05, 3.63) is 32.8 Å². The van der Waals surface area contributed by atoms with E-state index in [-0.39, 0.29) is 24.3 Å². The first-order valence-electron chi connectivity index (χ1n) is 4.94. The molecule has 1 aliphatic rings. The summed E-state index contributed by atoms with van der Waals surface area (Å²) in [6.45, 7) is 1.89. The first-order valence-corrected chi connectivity index (χ1v) is 5.73. The summed E-state index contributed by atoms with van der Waals surface area (Å²) < 4.78 is 16.2. The molecule has 17 heavy (non-hydrogen) atoms. The zero-order chi connectivity index (χ0) is 12.4. The maximum atomic E-state index is 10.8. The maximum absolute atomic E-state index is 10.8. The van der Waals surface area contributed by atoms with Gasteiger partial charge in [-0.3, -0.25) is 10.1 Å². The van der Waals surface area contributed by atoms with Gasteiger partial charge in [0, 0.05) is 10.5 Å². The van der Waals surface area contributed by atoms with E-state index in [2.05, 4.69) is 15.9 Å². The van der Waals surface area contributed by atoms with Crippen molar-refractivity contribution >= 4 is 21.6 Å². The summed E-state index contributed by atoms with van der Waals surface area (Å²) in [5.74, 6) is 0.199. The Bertz CT molecular complexity index is 433. The van der Waals surface area contributed by atoms with E-state index in [9.17, 15) is 10.1 Å². The Hall–Kier alpha value is -1.18. The summed E-state index contributed by atoms with van der Waals surface area (Å²) in [6.07, 6.45) is -0.684. The van der Waals surface area contributed by atoms with Gasteiger partial charge in [0.1, 0.15) is 6.61 Å². The van der Waals surface area contributed by atoms with Crippen molar-refractivity contribution in [2.75, 3.05) is 6.61 Å². The molecule has 6 nitrogen and oxygen atoms in total. The average molecular weight is 304 g/mol. The number of ether oxygens (including phenoxy) is 3. The van der Waals surface area contributed by atoms with Gasteiger partial charge in [0.15, 0.2) is 18.3 Å². The summed E-state index contributed by atoms with van der Waals surface area (Å²) in [5, 5.41) is 10.8. The number of nitro groups is 1. The molecule has 1 heterocycles. The molecule has 0 radical (unpaired) electrons. The van der Waals surface area contributed by atoms with Crippen LogP contribution in [0.4, 0.5) is 5.69 Å². The molecule has 1 saturated heterocycles. The normalized spacial score (nSPS) is 22.9. The highest BCUT2D eigenvalue weighted by Crippen LogP contribution is 2.30. The van der Waals surface area contributed by atoms with Crippen LogP contribution in [0.1, 0.15) is 6.92 Å². The molecular weight excluding hydrogens is 294 g/mol. The molecular formula is C10H10BrNO5. The van der Waals surface area contributed by atoms with Crippen LogP contribution in [0.3, 0.4) is 0 Å². The van der Waals surface area contributed by atoms with Crippen molar-refractivity contribution in [3.63, 3.8) is 0 Å². The van der Waals surface area contributed by atoms with Crippen LogP contribution in [0, 0.1) is 10.1 Å². The summed E-state index contributed by atoms with van der Waals surface area (Å²) >= 11 is 3.17. The Morgan fingerprint density at radius 3 is 2.82 bits per heavy atom. The lowest BCUT2D eigenvalue weighted by molar-refractivity contribution is -0.389. The second kappa shape index (κ2) is 4.99. The predicted octanol–water partition coefficient (Wildman–Crippen LogP) is 2.46. The van der Waals surface area contributed by atoms with Crippen LogP contribution in [-0.2, 0) is 9.47 Å². The molecule has 0 saturated carbocycles. The Balaban J connectivity index is 2.02. The fourth-order valence-corrected chi connectivity index (χ4v) is 1.78. The first-order chi connectivity index (χ1) is 8.06. The van der Waals surface area contributed by atoms with E-state index in [0.717, 1.165) is 0 Å². The van der Waals surface area contributed by atoms with Crippen LogP contribution in [0.25, 0.3) is 0 Å².